The van der Waals surface area contributed by atoms with E-state index in [1.807, 2.05) is 0 Å². The summed E-state index contributed by atoms with van der Waals surface area (Å²) in [6.45, 7) is 0. The van der Waals surface area contributed by atoms with E-state index in [4.69, 9.17) is 0 Å². The van der Waals surface area contributed by atoms with Gasteiger partial charge < -0.3 is 5.11 Å². The highest BCUT2D eigenvalue weighted by Gasteiger charge is 2.21. The molecule has 112 valence electrons. The van der Waals surface area contributed by atoms with E-state index in [-0.39, 0.29) is 10.5 Å². The highest BCUT2D eigenvalue weighted by atomic mass is 32.2. The minimum absolute atomic E-state index is 0.0634. The van der Waals surface area contributed by atoms with Crippen molar-refractivity contribution in [3.63, 3.8) is 0 Å². The topological polar surface area (TPSA) is 100 Å². The molecule has 0 amide bonds. The third-order valence-electron chi connectivity index (χ3n) is 2.50. The molecule has 10 heteroatoms. The van der Waals surface area contributed by atoms with Crippen LogP contribution in [0.5, 0.6) is 0 Å². The van der Waals surface area contributed by atoms with Gasteiger partial charge in [0.25, 0.3) is 0 Å². The summed E-state index contributed by atoms with van der Waals surface area (Å²) < 4.78 is 29.5. The Labute approximate surface area is 129 Å². The van der Waals surface area contributed by atoms with Gasteiger partial charge in [-0.1, -0.05) is 11.8 Å². The summed E-state index contributed by atoms with van der Waals surface area (Å²) in [6, 6.07) is 4.00. The number of hydrogen-bond acceptors (Lipinski definition) is 7. The molecule has 0 atom stereocenters. The Bertz CT molecular complexity index is 757. The van der Waals surface area contributed by atoms with Crippen LogP contribution in [0.2, 0.25) is 0 Å². The summed E-state index contributed by atoms with van der Waals surface area (Å²) in [7, 11) is -0.899. The largest absolute Gasteiger partial charge is 0.478 e. The number of aromatic carboxylic acids is 1. The number of hydrogen-bond donors (Lipinski definition) is 1. The average molecular weight is 345 g/mol. The molecule has 1 N–H and O–H groups in total. The fourth-order valence-electron chi connectivity index (χ4n) is 1.44. The van der Waals surface area contributed by atoms with Crippen LogP contribution in [0.25, 0.3) is 0 Å². The van der Waals surface area contributed by atoms with Gasteiger partial charge in [-0.25, -0.2) is 22.5 Å². The van der Waals surface area contributed by atoms with Gasteiger partial charge in [0.15, 0.2) is 4.34 Å². The highest BCUT2D eigenvalue weighted by Crippen LogP contribution is 2.32. The number of sulfonamides is 1. The van der Waals surface area contributed by atoms with Crippen LogP contribution < -0.4 is 0 Å². The first kappa shape index (κ1) is 15.9. The van der Waals surface area contributed by atoms with Crippen LogP contribution in [0.1, 0.15) is 10.4 Å². The fraction of sp³-hybridized carbons (Fsp3) is 0.182. The van der Waals surface area contributed by atoms with Gasteiger partial charge in [-0.2, -0.15) is 4.37 Å². The van der Waals surface area contributed by atoms with Gasteiger partial charge in [0.1, 0.15) is 6.33 Å². The Morgan fingerprint density at radius 2 is 2.10 bits per heavy atom. The van der Waals surface area contributed by atoms with E-state index in [9.17, 15) is 18.3 Å². The summed E-state index contributed by atoms with van der Waals surface area (Å²) >= 11 is 2.27. The average Bonchev–Trinajstić information content (AvgIpc) is 2.91. The van der Waals surface area contributed by atoms with Crippen molar-refractivity contribution in [1.82, 2.24) is 13.7 Å². The van der Waals surface area contributed by atoms with Gasteiger partial charge in [-0.05, 0) is 29.7 Å². The molecule has 1 aromatic carbocycles. The van der Waals surface area contributed by atoms with Crippen LogP contribution in [0.4, 0.5) is 0 Å². The molecular formula is C11H11N3O4S3. The second-order valence-electron chi connectivity index (χ2n) is 4.06. The SMILES string of the molecule is CN(C)S(=O)(=O)c1ccc(Sc2ncns2)c(C(=O)O)c1. The zero-order chi connectivity index (χ0) is 15.6. The van der Waals surface area contributed by atoms with E-state index in [1.54, 1.807) is 0 Å². The lowest BCUT2D eigenvalue weighted by molar-refractivity contribution is 0.0693. The number of benzene rings is 1. The van der Waals surface area contributed by atoms with Gasteiger partial charge >= 0.3 is 5.97 Å². The van der Waals surface area contributed by atoms with Crippen molar-refractivity contribution < 1.29 is 18.3 Å². The van der Waals surface area contributed by atoms with Crippen LogP contribution in [0.15, 0.2) is 38.7 Å². The predicted octanol–water partition coefficient (Wildman–Crippen LogP) is 1.64. The third kappa shape index (κ3) is 3.40. The normalized spacial score (nSPS) is 11.8. The van der Waals surface area contributed by atoms with Gasteiger partial charge in [-0.15, -0.1) is 0 Å². The molecule has 0 radical (unpaired) electrons. The zero-order valence-corrected chi connectivity index (χ0v) is 13.5. The fourth-order valence-corrected chi connectivity index (χ4v) is 3.87. The maximum absolute atomic E-state index is 12.0. The number of nitrogens with zero attached hydrogens (tertiary/aromatic N) is 3. The van der Waals surface area contributed by atoms with Gasteiger partial charge in [0, 0.05) is 19.0 Å². The van der Waals surface area contributed by atoms with Gasteiger partial charge in [0.2, 0.25) is 10.0 Å². The van der Waals surface area contributed by atoms with Crippen molar-refractivity contribution in [2.75, 3.05) is 14.1 Å². The van der Waals surface area contributed by atoms with Gasteiger partial charge in [-0.3, -0.25) is 0 Å². The Morgan fingerprint density at radius 3 is 2.62 bits per heavy atom. The number of aromatic nitrogens is 2. The minimum atomic E-state index is -3.68. The Hall–Kier alpha value is -1.49. The first-order valence-corrected chi connectivity index (χ1v) is 8.60. The Morgan fingerprint density at radius 1 is 1.38 bits per heavy atom. The molecule has 0 spiro atoms. The first-order chi connectivity index (χ1) is 9.82. The maximum Gasteiger partial charge on any atom is 0.336 e. The van der Waals surface area contributed by atoms with E-state index in [0.29, 0.717) is 9.24 Å². The van der Waals surface area contributed by atoms with E-state index in [1.165, 1.54) is 32.6 Å². The Kier molecular flexibility index (Phi) is 4.61. The zero-order valence-electron chi connectivity index (χ0n) is 11.0. The lowest BCUT2D eigenvalue weighted by atomic mass is 10.2. The maximum atomic E-state index is 12.0. The van der Waals surface area contributed by atoms with Crippen molar-refractivity contribution in [2.45, 2.75) is 14.1 Å². The molecule has 0 unspecified atom stereocenters. The molecule has 0 aliphatic carbocycles. The molecule has 0 saturated carbocycles. The summed E-state index contributed by atoms with van der Waals surface area (Å²) in [5.74, 6) is -1.20. The molecule has 1 heterocycles. The number of rotatable bonds is 5. The molecule has 0 fully saturated rings. The highest BCUT2D eigenvalue weighted by molar-refractivity contribution is 8.01. The lowest BCUT2D eigenvalue weighted by Crippen LogP contribution is -2.22. The van der Waals surface area contributed by atoms with Crippen LogP contribution in [-0.4, -0.2) is 47.3 Å². The van der Waals surface area contributed by atoms with Crippen LogP contribution in [0.3, 0.4) is 0 Å². The van der Waals surface area contributed by atoms with Crippen molar-refractivity contribution in [1.29, 1.82) is 0 Å². The molecule has 7 nitrogen and oxygen atoms in total. The van der Waals surface area contributed by atoms with E-state index in [2.05, 4.69) is 9.36 Å². The van der Waals surface area contributed by atoms with Crippen molar-refractivity contribution >= 4 is 39.3 Å². The molecule has 2 rings (SSSR count). The van der Waals surface area contributed by atoms with E-state index >= 15 is 0 Å². The first-order valence-electron chi connectivity index (χ1n) is 5.57. The second kappa shape index (κ2) is 6.10. The quantitative estimate of drug-likeness (QED) is 0.879. The molecule has 0 saturated heterocycles. The summed E-state index contributed by atoms with van der Waals surface area (Å²) in [4.78, 5) is 15.7. The second-order valence-corrected chi connectivity index (χ2v) is 8.28. The smallest absolute Gasteiger partial charge is 0.336 e. The summed E-state index contributed by atoms with van der Waals surface area (Å²) in [5.41, 5.74) is -0.0851. The predicted molar refractivity (Wildman–Crippen MR) is 78.3 cm³/mol. The van der Waals surface area contributed by atoms with Crippen molar-refractivity contribution in [2.24, 2.45) is 0 Å². The van der Waals surface area contributed by atoms with E-state index < -0.39 is 16.0 Å². The van der Waals surface area contributed by atoms with E-state index in [0.717, 1.165) is 33.7 Å². The van der Waals surface area contributed by atoms with Crippen LogP contribution >= 0.6 is 23.3 Å². The molecule has 0 bridgehead atoms. The standard InChI is InChI=1S/C11H11N3O4S3/c1-14(2)21(17,18)7-3-4-9(8(5-7)10(15)16)19-11-12-6-13-20-11/h3-6H,1-2H3,(H,15,16). The minimum Gasteiger partial charge on any atom is -0.478 e. The molecule has 2 aromatic rings. The number of carbonyl (C=O) groups is 1. The molecular weight excluding hydrogens is 334 g/mol. The molecule has 0 aliphatic heterocycles. The molecule has 21 heavy (non-hydrogen) atoms. The number of carboxylic acids is 1. The molecule has 1 aromatic heterocycles. The summed E-state index contributed by atoms with van der Waals surface area (Å²) in [5, 5.41) is 9.27. The van der Waals surface area contributed by atoms with Crippen molar-refractivity contribution in [3.8, 4) is 0 Å². The van der Waals surface area contributed by atoms with Gasteiger partial charge in [0.05, 0.1) is 10.5 Å². The van der Waals surface area contributed by atoms with Crippen molar-refractivity contribution in [3.05, 3.63) is 30.1 Å². The third-order valence-corrected chi connectivity index (χ3v) is 6.10. The molecule has 0 aliphatic rings. The van der Waals surface area contributed by atoms with Crippen LogP contribution in [-0.2, 0) is 10.0 Å². The number of carboxylic acid groups (broad SMARTS) is 1. The lowest BCUT2D eigenvalue weighted by Gasteiger charge is -2.13. The van der Waals surface area contributed by atoms with Crippen LogP contribution in [0, 0.1) is 0 Å². The summed E-state index contributed by atoms with van der Waals surface area (Å²) in [6.07, 6.45) is 1.37. The Balaban J connectivity index is 2.48. The monoisotopic (exact) mass is 345 g/mol.